The molecule has 94 valence electrons. The minimum atomic E-state index is -0.733. The maximum atomic E-state index is 13.8. The molecule has 0 bridgehead atoms. The summed E-state index contributed by atoms with van der Waals surface area (Å²) in [5.41, 5.74) is 0.546. The lowest BCUT2D eigenvalue weighted by atomic mass is 9.75. The van der Waals surface area contributed by atoms with E-state index in [1.54, 1.807) is 12.1 Å². The van der Waals surface area contributed by atoms with E-state index < -0.39 is 11.6 Å². The highest BCUT2D eigenvalue weighted by Gasteiger charge is 2.30. The maximum absolute atomic E-state index is 13.8. The number of hydrogen-bond acceptors (Lipinski definition) is 1. The molecule has 1 saturated heterocycles. The Balaban J connectivity index is 2.33. The van der Waals surface area contributed by atoms with Crippen LogP contribution in [0.1, 0.15) is 31.7 Å². The van der Waals surface area contributed by atoms with Gasteiger partial charge in [0.2, 0.25) is 0 Å². The number of piperidine rings is 1. The van der Waals surface area contributed by atoms with Crippen LogP contribution in [-0.2, 0) is 0 Å². The molecule has 0 saturated carbocycles. The molecule has 0 radical (unpaired) electrons. The Labute approximate surface area is 101 Å². The Morgan fingerprint density at radius 2 is 2.06 bits per heavy atom. The highest BCUT2D eigenvalue weighted by molar-refractivity contribution is 5.24. The van der Waals surface area contributed by atoms with E-state index >= 15 is 0 Å². The van der Waals surface area contributed by atoms with Gasteiger partial charge in [0.1, 0.15) is 0 Å². The van der Waals surface area contributed by atoms with Gasteiger partial charge in [0.25, 0.3) is 0 Å². The van der Waals surface area contributed by atoms with Crippen LogP contribution in [0.25, 0.3) is 0 Å². The molecular formula is C14H19F2N. The Morgan fingerprint density at radius 1 is 1.29 bits per heavy atom. The van der Waals surface area contributed by atoms with Crippen LogP contribution in [0.4, 0.5) is 8.78 Å². The standard InChI is InChI=1S/C14H19F2N/c1-9(2)12-8-17-7-6-10(12)11-4-3-5-13(15)14(11)16/h3-5,9-10,12,17H,6-8H2,1-2H3. The Bertz CT molecular complexity index is 390. The molecule has 1 N–H and O–H groups in total. The third-order valence-corrected chi connectivity index (χ3v) is 3.77. The molecule has 2 atom stereocenters. The van der Waals surface area contributed by atoms with Gasteiger partial charge in [-0.3, -0.25) is 0 Å². The molecule has 0 spiro atoms. The van der Waals surface area contributed by atoms with Gasteiger partial charge in [0.05, 0.1) is 0 Å². The molecular weight excluding hydrogens is 220 g/mol. The van der Waals surface area contributed by atoms with Crippen molar-refractivity contribution in [1.82, 2.24) is 5.32 Å². The minimum Gasteiger partial charge on any atom is -0.316 e. The first kappa shape index (κ1) is 12.5. The van der Waals surface area contributed by atoms with E-state index in [0.29, 0.717) is 17.4 Å². The van der Waals surface area contributed by atoms with Crippen LogP contribution in [-0.4, -0.2) is 13.1 Å². The molecule has 1 nitrogen and oxygen atoms in total. The van der Waals surface area contributed by atoms with Gasteiger partial charge in [-0.05, 0) is 48.9 Å². The Hall–Kier alpha value is -0.960. The van der Waals surface area contributed by atoms with Gasteiger partial charge >= 0.3 is 0 Å². The summed E-state index contributed by atoms with van der Waals surface area (Å²) in [6.45, 7) is 6.05. The van der Waals surface area contributed by atoms with Gasteiger partial charge in [-0.25, -0.2) is 8.78 Å². The number of rotatable bonds is 2. The van der Waals surface area contributed by atoms with E-state index in [-0.39, 0.29) is 5.92 Å². The summed E-state index contributed by atoms with van der Waals surface area (Å²) in [5, 5.41) is 3.33. The van der Waals surface area contributed by atoms with Gasteiger partial charge < -0.3 is 5.32 Å². The smallest absolute Gasteiger partial charge is 0.162 e. The number of benzene rings is 1. The van der Waals surface area contributed by atoms with Crippen molar-refractivity contribution in [3.05, 3.63) is 35.4 Å². The van der Waals surface area contributed by atoms with Gasteiger partial charge in [0.15, 0.2) is 11.6 Å². The van der Waals surface area contributed by atoms with Gasteiger partial charge in [-0.2, -0.15) is 0 Å². The fraction of sp³-hybridized carbons (Fsp3) is 0.571. The van der Waals surface area contributed by atoms with Crippen molar-refractivity contribution in [1.29, 1.82) is 0 Å². The average Bonchev–Trinajstić information content (AvgIpc) is 2.33. The largest absolute Gasteiger partial charge is 0.316 e. The molecule has 1 aliphatic heterocycles. The molecule has 1 heterocycles. The van der Waals surface area contributed by atoms with Gasteiger partial charge in [0, 0.05) is 0 Å². The number of halogens is 2. The van der Waals surface area contributed by atoms with E-state index in [1.807, 2.05) is 0 Å². The minimum absolute atomic E-state index is 0.131. The van der Waals surface area contributed by atoms with Crippen molar-refractivity contribution in [3.63, 3.8) is 0 Å². The van der Waals surface area contributed by atoms with E-state index in [4.69, 9.17) is 0 Å². The molecule has 3 heteroatoms. The van der Waals surface area contributed by atoms with Gasteiger partial charge in [-0.1, -0.05) is 26.0 Å². The number of hydrogen-bond donors (Lipinski definition) is 1. The third kappa shape index (κ3) is 2.49. The summed E-state index contributed by atoms with van der Waals surface area (Å²) in [6.07, 6.45) is 0.878. The normalized spacial score (nSPS) is 25.2. The first-order valence-corrected chi connectivity index (χ1v) is 6.26. The molecule has 2 rings (SSSR count). The van der Waals surface area contributed by atoms with E-state index in [0.717, 1.165) is 19.5 Å². The van der Waals surface area contributed by atoms with E-state index in [1.165, 1.54) is 6.07 Å². The quantitative estimate of drug-likeness (QED) is 0.835. The molecule has 0 amide bonds. The second-order valence-corrected chi connectivity index (χ2v) is 5.15. The van der Waals surface area contributed by atoms with Crippen LogP contribution in [0.15, 0.2) is 18.2 Å². The molecule has 0 aliphatic carbocycles. The van der Waals surface area contributed by atoms with Crippen LogP contribution < -0.4 is 5.32 Å². The second kappa shape index (κ2) is 5.13. The highest BCUT2D eigenvalue weighted by atomic mass is 19.2. The van der Waals surface area contributed by atoms with Crippen molar-refractivity contribution in [2.24, 2.45) is 11.8 Å². The van der Waals surface area contributed by atoms with E-state index in [2.05, 4.69) is 19.2 Å². The van der Waals surface area contributed by atoms with Crippen LogP contribution in [0.3, 0.4) is 0 Å². The van der Waals surface area contributed by atoms with Crippen LogP contribution in [0.5, 0.6) is 0 Å². The topological polar surface area (TPSA) is 12.0 Å². The van der Waals surface area contributed by atoms with Crippen molar-refractivity contribution < 1.29 is 8.78 Å². The summed E-state index contributed by atoms with van der Waals surface area (Å²) in [7, 11) is 0. The Morgan fingerprint density at radius 3 is 2.76 bits per heavy atom. The molecule has 1 aromatic carbocycles. The van der Waals surface area contributed by atoms with Crippen molar-refractivity contribution in [3.8, 4) is 0 Å². The molecule has 1 aliphatic rings. The predicted octanol–water partition coefficient (Wildman–Crippen LogP) is 3.31. The summed E-state index contributed by atoms with van der Waals surface area (Å²) in [4.78, 5) is 0. The van der Waals surface area contributed by atoms with Crippen LogP contribution >= 0.6 is 0 Å². The summed E-state index contributed by atoms with van der Waals surface area (Å²) >= 11 is 0. The molecule has 1 aromatic rings. The molecule has 2 unspecified atom stereocenters. The lowest BCUT2D eigenvalue weighted by Gasteiger charge is -2.35. The third-order valence-electron chi connectivity index (χ3n) is 3.77. The van der Waals surface area contributed by atoms with Crippen molar-refractivity contribution in [2.45, 2.75) is 26.2 Å². The Kier molecular flexibility index (Phi) is 3.77. The van der Waals surface area contributed by atoms with Crippen LogP contribution in [0, 0.1) is 23.5 Å². The fourth-order valence-corrected chi connectivity index (χ4v) is 2.78. The predicted molar refractivity (Wildman–Crippen MR) is 64.9 cm³/mol. The number of nitrogens with one attached hydrogen (secondary N) is 1. The van der Waals surface area contributed by atoms with Crippen LogP contribution in [0.2, 0.25) is 0 Å². The summed E-state index contributed by atoms with van der Waals surface area (Å²) in [5.74, 6) is -0.420. The van der Waals surface area contributed by atoms with Gasteiger partial charge in [-0.15, -0.1) is 0 Å². The summed E-state index contributed by atoms with van der Waals surface area (Å²) < 4.78 is 27.1. The zero-order chi connectivity index (χ0) is 12.4. The maximum Gasteiger partial charge on any atom is 0.162 e. The zero-order valence-electron chi connectivity index (χ0n) is 10.3. The SMILES string of the molecule is CC(C)C1CNCCC1c1cccc(F)c1F. The first-order valence-electron chi connectivity index (χ1n) is 6.26. The summed E-state index contributed by atoms with van der Waals surface area (Å²) in [6, 6.07) is 4.52. The van der Waals surface area contributed by atoms with E-state index in [9.17, 15) is 8.78 Å². The average molecular weight is 239 g/mol. The van der Waals surface area contributed by atoms with Crippen molar-refractivity contribution in [2.75, 3.05) is 13.1 Å². The first-order chi connectivity index (χ1) is 8.11. The van der Waals surface area contributed by atoms with Crippen molar-refractivity contribution >= 4 is 0 Å². The molecule has 17 heavy (non-hydrogen) atoms. The molecule has 0 aromatic heterocycles. The second-order valence-electron chi connectivity index (χ2n) is 5.15. The monoisotopic (exact) mass is 239 g/mol. The lowest BCUT2D eigenvalue weighted by molar-refractivity contribution is 0.249. The highest BCUT2D eigenvalue weighted by Crippen LogP contribution is 2.36. The lowest BCUT2D eigenvalue weighted by Crippen LogP contribution is -2.38. The molecule has 1 fully saturated rings. The fourth-order valence-electron chi connectivity index (χ4n) is 2.78. The zero-order valence-corrected chi connectivity index (χ0v) is 10.3.